The summed E-state index contributed by atoms with van der Waals surface area (Å²) < 4.78 is 30.3. The topological polar surface area (TPSA) is 140 Å². The monoisotopic (exact) mass is 556 g/mol. The number of amides is 1. The van der Waals surface area contributed by atoms with Crippen molar-refractivity contribution in [3.63, 3.8) is 0 Å². The molecule has 2 aromatic heterocycles. The average Bonchev–Trinajstić information content (AvgIpc) is 3.36. The number of aromatic nitrogens is 4. The van der Waals surface area contributed by atoms with Gasteiger partial charge in [-0.1, -0.05) is 6.07 Å². The lowest BCUT2D eigenvalue weighted by Crippen LogP contribution is -2.44. The van der Waals surface area contributed by atoms with E-state index in [0.29, 0.717) is 56.5 Å². The van der Waals surface area contributed by atoms with E-state index < -0.39 is 9.84 Å². The van der Waals surface area contributed by atoms with E-state index in [2.05, 4.69) is 15.4 Å². The number of aliphatic hydroxyl groups is 1. The first kappa shape index (κ1) is 27.3. The first-order valence-corrected chi connectivity index (χ1v) is 15.7. The molecule has 1 aromatic carbocycles. The highest BCUT2D eigenvalue weighted by Gasteiger charge is 2.31. The molecule has 0 spiro atoms. The van der Waals surface area contributed by atoms with Crippen molar-refractivity contribution in [3.8, 4) is 11.6 Å². The third kappa shape index (κ3) is 6.85. The van der Waals surface area contributed by atoms with Crippen LogP contribution in [0.4, 0.5) is 5.95 Å². The number of likely N-dealkylation sites (tertiary alicyclic amines) is 1. The van der Waals surface area contributed by atoms with E-state index in [-0.39, 0.29) is 29.7 Å². The van der Waals surface area contributed by atoms with E-state index in [0.717, 1.165) is 36.6 Å². The maximum Gasteiger partial charge on any atom is 0.225 e. The van der Waals surface area contributed by atoms with Crippen LogP contribution >= 0.6 is 0 Å². The van der Waals surface area contributed by atoms with Crippen LogP contribution in [0.2, 0.25) is 0 Å². The normalized spacial score (nSPS) is 20.7. The van der Waals surface area contributed by atoms with Crippen LogP contribution in [0.25, 0.3) is 16.7 Å². The number of nitrogens with one attached hydrogen (secondary N) is 1. The number of carbonyl (C=O) groups is 1. The Labute approximate surface area is 228 Å². The number of anilines is 1. The van der Waals surface area contributed by atoms with Crippen LogP contribution in [0.5, 0.6) is 5.75 Å². The summed E-state index contributed by atoms with van der Waals surface area (Å²) in [4.78, 5) is 23.9. The van der Waals surface area contributed by atoms with Crippen LogP contribution in [0, 0.1) is 5.92 Å². The Morgan fingerprint density at radius 1 is 1.13 bits per heavy atom. The second-order valence-electron chi connectivity index (χ2n) is 10.6. The van der Waals surface area contributed by atoms with Crippen LogP contribution in [0.3, 0.4) is 0 Å². The number of sulfone groups is 1. The molecule has 3 heterocycles. The number of piperidine rings is 1. The van der Waals surface area contributed by atoms with Crippen molar-refractivity contribution in [2.45, 2.75) is 57.1 Å². The Hall–Kier alpha value is -3.25. The Morgan fingerprint density at radius 2 is 1.90 bits per heavy atom. The van der Waals surface area contributed by atoms with Crippen molar-refractivity contribution in [1.29, 1.82) is 0 Å². The molecule has 0 bridgehead atoms. The predicted molar refractivity (Wildman–Crippen MR) is 148 cm³/mol. The molecule has 0 atom stereocenters. The van der Waals surface area contributed by atoms with Gasteiger partial charge in [-0.05, 0) is 57.1 Å². The highest BCUT2D eigenvalue weighted by atomic mass is 32.2. The molecule has 1 amide bonds. The first-order valence-electron chi connectivity index (χ1n) is 13.6. The van der Waals surface area contributed by atoms with Crippen molar-refractivity contribution in [3.05, 3.63) is 36.7 Å². The van der Waals surface area contributed by atoms with Gasteiger partial charge in [0.25, 0.3) is 0 Å². The molecule has 39 heavy (non-hydrogen) atoms. The molecule has 11 nitrogen and oxygen atoms in total. The van der Waals surface area contributed by atoms with Gasteiger partial charge in [-0.2, -0.15) is 10.1 Å². The summed E-state index contributed by atoms with van der Waals surface area (Å²) in [5.41, 5.74) is 0.824. The minimum absolute atomic E-state index is 0.0452. The number of fused-ring (bicyclic) bond motifs is 1. The Morgan fingerprint density at radius 3 is 2.64 bits per heavy atom. The molecule has 1 saturated carbocycles. The fourth-order valence-electron chi connectivity index (χ4n) is 5.38. The molecular weight excluding hydrogens is 520 g/mol. The molecule has 12 heteroatoms. The summed E-state index contributed by atoms with van der Waals surface area (Å²) in [6.45, 7) is 1.60. The Kier molecular flexibility index (Phi) is 8.31. The van der Waals surface area contributed by atoms with Crippen molar-refractivity contribution in [2.75, 3.05) is 37.0 Å². The quantitative estimate of drug-likeness (QED) is 0.381. The zero-order chi connectivity index (χ0) is 27.4. The summed E-state index contributed by atoms with van der Waals surface area (Å²) in [5, 5.41) is 18.5. The van der Waals surface area contributed by atoms with Crippen molar-refractivity contribution >= 4 is 32.6 Å². The maximum atomic E-state index is 12.9. The SMILES string of the molecule is CS(=O)(=O)CCCOc1cccc2c1cnn2-c1ccnc(N[C@H]2CC[C@H](C(=O)N3CCC(O)CC3)CC2)n1. The fourth-order valence-corrected chi connectivity index (χ4v) is 6.03. The Bertz CT molecular complexity index is 1390. The van der Waals surface area contributed by atoms with E-state index in [9.17, 15) is 18.3 Å². The zero-order valence-corrected chi connectivity index (χ0v) is 23.0. The van der Waals surface area contributed by atoms with Gasteiger partial charge in [-0.25, -0.2) is 18.1 Å². The molecule has 5 rings (SSSR count). The van der Waals surface area contributed by atoms with Crippen LogP contribution in [0.15, 0.2) is 36.7 Å². The molecule has 3 aromatic rings. The van der Waals surface area contributed by atoms with Crippen LogP contribution < -0.4 is 10.1 Å². The standard InChI is InChI=1S/C27H36N6O5S/c1-39(36,37)17-3-16-38-24-5-2-4-23-22(24)18-29-33(23)25-10-13-28-27(31-25)30-20-8-6-19(7-9-20)26(35)32-14-11-21(34)12-15-32/h2,4-5,10,13,18-21,34H,3,6-9,11-12,14-17H2,1H3,(H,28,30,31)/t19-,20-. The largest absolute Gasteiger partial charge is 0.493 e. The molecule has 0 unspecified atom stereocenters. The van der Waals surface area contributed by atoms with Gasteiger partial charge in [0.2, 0.25) is 11.9 Å². The first-order chi connectivity index (χ1) is 18.8. The number of hydrogen-bond donors (Lipinski definition) is 2. The van der Waals surface area contributed by atoms with Crippen molar-refractivity contribution in [1.82, 2.24) is 24.6 Å². The van der Waals surface area contributed by atoms with E-state index in [1.165, 1.54) is 6.26 Å². The van der Waals surface area contributed by atoms with Gasteiger partial charge in [-0.15, -0.1) is 0 Å². The highest BCUT2D eigenvalue weighted by molar-refractivity contribution is 7.90. The fraction of sp³-hybridized carbons (Fsp3) is 0.556. The number of aliphatic hydroxyl groups excluding tert-OH is 1. The number of hydrogen-bond acceptors (Lipinski definition) is 9. The average molecular weight is 557 g/mol. The molecule has 2 fully saturated rings. The van der Waals surface area contributed by atoms with E-state index >= 15 is 0 Å². The van der Waals surface area contributed by atoms with Gasteiger partial charge in [0.05, 0.1) is 35.6 Å². The van der Waals surface area contributed by atoms with Gasteiger partial charge in [0.1, 0.15) is 15.6 Å². The molecule has 0 radical (unpaired) electrons. The summed E-state index contributed by atoms with van der Waals surface area (Å²) in [6.07, 6.45) is 9.50. The predicted octanol–water partition coefficient (Wildman–Crippen LogP) is 2.58. The molecule has 210 valence electrons. The van der Waals surface area contributed by atoms with Crippen molar-refractivity contribution < 1.29 is 23.1 Å². The highest BCUT2D eigenvalue weighted by Crippen LogP contribution is 2.30. The number of ether oxygens (including phenoxy) is 1. The lowest BCUT2D eigenvalue weighted by atomic mass is 9.85. The second kappa shape index (κ2) is 11.9. The second-order valence-corrected chi connectivity index (χ2v) is 12.8. The maximum absolute atomic E-state index is 12.9. The molecule has 2 N–H and O–H groups in total. The summed E-state index contributed by atoms with van der Waals surface area (Å²) >= 11 is 0. The molecule has 1 aliphatic heterocycles. The van der Waals surface area contributed by atoms with Gasteiger partial charge in [0, 0.05) is 43.6 Å². The van der Waals surface area contributed by atoms with Gasteiger partial charge in [-0.3, -0.25) is 4.79 Å². The molecule has 2 aliphatic rings. The van der Waals surface area contributed by atoms with Gasteiger partial charge in [0.15, 0.2) is 5.82 Å². The third-order valence-corrected chi connectivity index (χ3v) is 8.56. The number of benzene rings is 1. The zero-order valence-electron chi connectivity index (χ0n) is 22.2. The third-order valence-electron chi connectivity index (χ3n) is 7.53. The molecule has 1 saturated heterocycles. The lowest BCUT2D eigenvalue weighted by Gasteiger charge is -2.35. The van der Waals surface area contributed by atoms with Crippen LogP contribution in [-0.4, -0.2) is 87.9 Å². The smallest absolute Gasteiger partial charge is 0.225 e. The van der Waals surface area contributed by atoms with Crippen LogP contribution in [0.1, 0.15) is 44.9 Å². The van der Waals surface area contributed by atoms with E-state index in [1.54, 1.807) is 23.1 Å². The van der Waals surface area contributed by atoms with Crippen molar-refractivity contribution in [2.24, 2.45) is 5.92 Å². The van der Waals surface area contributed by atoms with Gasteiger partial charge >= 0.3 is 0 Å². The number of nitrogens with zero attached hydrogens (tertiary/aromatic N) is 5. The summed E-state index contributed by atoms with van der Waals surface area (Å²) in [6, 6.07) is 7.63. The molecule has 1 aliphatic carbocycles. The summed E-state index contributed by atoms with van der Waals surface area (Å²) in [7, 11) is -3.02. The minimum Gasteiger partial charge on any atom is -0.493 e. The van der Waals surface area contributed by atoms with E-state index in [4.69, 9.17) is 9.72 Å². The Balaban J connectivity index is 1.19. The number of rotatable bonds is 9. The summed E-state index contributed by atoms with van der Waals surface area (Å²) in [5.74, 6) is 2.13. The van der Waals surface area contributed by atoms with E-state index in [1.807, 2.05) is 23.1 Å². The molecular formula is C27H36N6O5S. The number of carbonyl (C=O) groups excluding carboxylic acids is 1. The lowest BCUT2D eigenvalue weighted by molar-refractivity contribution is -0.138. The van der Waals surface area contributed by atoms with Gasteiger partial charge < -0.3 is 20.1 Å². The minimum atomic E-state index is -3.02. The van der Waals surface area contributed by atoms with Crippen LogP contribution in [-0.2, 0) is 14.6 Å².